The van der Waals surface area contributed by atoms with Crippen LogP contribution in [0.1, 0.15) is 25.7 Å². The van der Waals surface area contributed by atoms with Gasteiger partial charge in [-0.25, -0.2) is 0 Å². The molecule has 1 rings (SSSR count). The predicted molar refractivity (Wildman–Crippen MR) is 42.5 cm³/mol. The summed E-state index contributed by atoms with van der Waals surface area (Å²) in [5.41, 5.74) is 0. The minimum atomic E-state index is -1.21. The average molecular weight is 176 g/mol. The first-order chi connectivity index (χ1) is 5.63. The summed E-state index contributed by atoms with van der Waals surface area (Å²) in [4.78, 5) is 0. The quantitative estimate of drug-likeness (QED) is 0.382. The largest absolute Gasteiger partial charge is 0.390 e. The standard InChI is InChI=1S/C8H16O4/c9-5-3-1-2-4-6(10)8(12)7(5)11/h5-12H,1-4H2. The van der Waals surface area contributed by atoms with Crippen molar-refractivity contribution in [1.29, 1.82) is 0 Å². The Labute approximate surface area is 71.5 Å². The van der Waals surface area contributed by atoms with E-state index in [1.165, 1.54) is 0 Å². The molecule has 4 nitrogen and oxygen atoms in total. The summed E-state index contributed by atoms with van der Waals surface area (Å²) in [6.07, 6.45) is -1.69. The van der Waals surface area contributed by atoms with Crippen molar-refractivity contribution in [2.75, 3.05) is 0 Å². The van der Waals surface area contributed by atoms with Gasteiger partial charge in [0.2, 0.25) is 0 Å². The highest BCUT2D eigenvalue weighted by atomic mass is 16.4. The van der Waals surface area contributed by atoms with Crippen LogP contribution in [0.15, 0.2) is 0 Å². The Hall–Kier alpha value is -0.160. The molecule has 0 aromatic carbocycles. The van der Waals surface area contributed by atoms with Crippen LogP contribution in [-0.2, 0) is 0 Å². The van der Waals surface area contributed by atoms with Gasteiger partial charge in [-0.05, 0) is 12.8 Å². The van der Waals surface area contributed by atoms with E-state index in [4.69, 9.17) is 0 Å². The minimum absolute atomic E-state index is 0.491. The van der Waals surface area contributed by atoms with Crippen LogP contribution in [0.25, 0.3) is 0 Å². The molecule has 1 fully saturated rings. The van der Waals surface area contributed by atoms with Gasteiger partial charge < -0.3 is 20.4 Å². The molecule has 0 spiro atoms. The van der Waals surface area contributed by atoms with Gasteiger partial charge in [-0.3, -0.25) is 0 Å². The van der Waals surface area contributed by atoms with Gasteiger partial charge >= 0.3 is 0 Å². The third-order valence-corrected chi connectivity index (χ3v) is 2.39. The van der Waals surface area contributed by atoms with Crippen LogP contribution < -0.4 is 0 Å². The van der Waals surface area contributed by atoms with E-state index >= 15 is 0 Å². The summed E-state index contributed by atoms with van der Waals surface area (Å²) in [5.74, 6) is 0. The van der Waals surface area contributed by atoms with E-state index in [0.29, 0.717) is 12.8 Å². The van der Waals surface area contributed by atoms with Gasteiger partial charge in [0.25, 0.3) is 0 Å². The molecule has 0 bridgehead atoms. The number of aliphatic hydroxyl groups excluding tert-OH is 4. The van der Waals surface area contributed by atoms with Crippen molar-refractivity contribution >= 4 is 0 Å². The topological polar surface area (TPSA) is 80.9 Å². The molecule has 72 valence electrons. The Morgan fingerprint density at radius 1 is 0.667 bits per heavy atom. The molecule has 4 heteroatoms. The molecule has 0 amide bonds. The van der Waals surface area contributed by atoms with E-state index in [-0.39, 0.29) is 0 Å². The van der Waals surface area contributed by atoms with Gasteiger partial charge in [-0.15, -0.1) is 0 Å². The van der Waals surface area contributed by atoms with Crippen molar-refractivity contribution in [3.8, 4) is 0 Å². The fourth-order valence-corrected chi connectivity index (χ4v) is 1.50. The van der Waals surface area contributed by atoms with E-state index < -0.39 is 24.4 Å². The second-order valence-electron chi connectivity index (χ2n) is 3.40. The van der Waals surface area contributed by atoms with Crippen molar-refractivity contribution in [3.63, 3.8) is 0 Å². The second kappa shape index (κ2) is 4.18. The molecular weight excluding hydrogens is 160 g/mol. The third kappa shape index (κ3) is 2.17. The van der Waals surface area contributed by atoms with Crippen molar-refractivity contribution < 1.29 is 20.4 Å². The van der Waals surface area contributed by atoms with Crippen LogP contribution >= 0.6 is 0 Å². The monoisotopic (exact) mass is 176 g/mol. The zero-order valence-corrected chi connectivity index (χ0v) is 6.93. The normalized spacial score (nSPS) is 45.0. The molecule has 4 unspecified atom stereocenters. The zero-order valence-electron chi connectivity index (χ0n) is 6.93. The molecule has 0 radical (unpaired) electrons. The number of aliphatic hydroxyl groups is 4. The van der Waals surface area contributed by atoms with E-state index in [9.17, 15) is 20.4 Å². The second-order valence-corrected chi connectivity index (χ2v) is 3.40. The van der Waals surface area contributed by atoms with E-state index in [1.807, 2.05) is 0 Å². The Kier molecular flexibility index (Phi) is 3.46. The van der Waals surface area contributed by atoms with Crippen LogP contribution in [0.5, 0.6) is 0 Å². The van der Waals surface area contributed by atoms with Crippen molar-refractivity contribution in [2.45, 2.75) is 50.1 Å². The molecule has 1 aliphatic carbocycles. The highest BCUT2D eigenvalue weighted by molar-refractivity contribution is 4.82. The van der Waals surface area contributed by atoms with Crippen LogP contribution in [0.3, 0.4) is 0 Å². The van der Waals surface area contributed by atoms with E-state index in [0.717, 1.165) is 12.8 Å². The summed E-state index contributed by atoms with van der Waals surface area (Å²) in [7, 11) is 0. The molecule has 0 aromatic heterocycles. The van der Waals surface area contributed by atoms with Gasteiger partial charge in [0, 0.05) is 0 Å². The summed E-state index contributed by atoms with van der Waals surface area (Å²) >= 11 is 0. The number of hydrogen-bond donors (Lipinski definition) is 4. The molecule has 4 N–H and O–H groups in total. The molecule has 4 atom stereocenters. The summed E-state index contributed by atoms with van der Waals surface area (Å²) in [6, 6.07) is 0. The van der Waals surface area contributed by atoms with Crippen LogP contribution in [0, 0.1) is 0 Å². The van der Waals surface area contributed by atoms with Crippen LogP contribution in [0.4, 0.5) is 0 Å². The lowest BCUT2D eigenvalue weighted by molar-refractivity contribution is -0.114. The summed E-state index contributed by atoms with van der Waals surface area (Å²) < 4.78 is 0. The van der Waals surface area contributed by atoms with Crippen molar-refractivity contribution in [3.05, 3.63) is 0 Å². The molecule has 0 heterocycles. The summed E-state index contributed by atoms with van der Waals surface area (Å²) in [5, 5.41) is 37.0. The van der Waals surface area contributed by atoms with Gasteiger partial charge in [-0.2, -0.15) is 0 Å². The fraction of sp³-hybridized carbons (Fsp3) is 1.00. The highest BCUT2D eigenvalue weighted by Crippen LogP contribution is 2.18. The first-order valence-electron chi connectivity index (χ1n) is 4.35. The first kappa shape index (κ1) is 9.92. The molecule has 1 aliphatic rings. The zero-order chi connectivity index (χ0) is 9.14. The van der Waals surface area contributed by atoms with Crippen LogP contribution in [0.2, 0.25) is 0 Å². The lowest BCUT2D eigenvalue weighted by Gasteiger charge is -2.28. The lowest BCUT2D eigenvalue weighted by Crippen LogP contribution is -2.45. The predicted octanol–water partition coefficient (Wildman–Crippen LogP) is -0.996. The number of hydrogen-bond acceptors (Lipinski definition) is 4. The van der Waals surface area contributed by atoms with Crippen LogP contribution in [-0.4, -0.2) is 44.8 Å². The maximum Gasteiger partial charge on any atom is 0.108 e. The van der Waals surface area contributed by atoms with Gasteiger partial charge in [0.05, 0.1) is 12.2 Å². The molecule has 0 aromatic rings. The Morgan fingerprint density at radius 3 is 1.33 bits per heavy atom. The van der Waals surface area contributed by atoms with Crippen molar-refractivity contribution in [1.82, 2.24) is 0 Å². The maximum atomic E-state index is 9.26. The first-order valence-corrected chi connectivity index (χ1v) is 4.35. The van der Waals surface area contributed by atoms with E-state index in [1.54, 1.807) is 0 Å². The average Bonchev–Trinajstić information content (AvgIpc) is 2.07. The Bertz CT molecular complexity index is 123. The molecule has 0 saturated heterocycles. The van der Waals surface area contributed by atoms with Gasteiger partial charge in [-0.1, -0.05) is 12.8 Å². The SMILES string of the molecule is OC1CCCCC(O)C(O)C1O. The molecular formula is C8H16O4. The Morgan fingerprint density at radius 2 is 1.00 bits per heavy atom. The fourth-order valence-electron chi connectivity index (χ4n) is 1.50. The molecule has 12 heavy (non-hydrogen) atoms. The van der Waals surface area contributed by atoms with Gasteiger partial charge in [0.1, 0.15) is 12.2 Å². The summed E-state index contributed by atoms with van der Waals surface area (Å²) in [6.45, 7) is 0. The van der Waals surface area contributed by atoms with E-state index in [2.05, 4.69) is 0 Å². The molecule has 0 aliphatic heterocycles. The van der Waals surface area contributed by atoms with Crippen molar-refractivity contribution in [2.24, 2.45) is 0 Å². The lowest BCUT2D eigenvalue weighted by atomic mass is 9.92. The number of rotatable bonds is 0. The minimum Gasteiger partial charge on any atom is -0.390 e. The Balaban J connectivity index is 2.55. The highest BCUT2D eigenvalue weighted by Gasteiger charge is 2.31. The molecule has 1 saturated carbocycles. The smallest absolute Gasteiger partial charge is 0.108 e. The third-order valence-electron chi connectivity index (χ3n) is 2.39. The maximum absolute atomic E-state index is 9.26. The van der Waals surface area contributed by atoms with Gasteiger partial charge in [0.15, 0.2) is 0 Å².